The number of nitriles is 1. The summed E-state index contributed by atoms with van der Waals surface area (Å²) in [6.07, 6.45) is 1.01. The molecule has 112 valence electrons. The van der Waals surface area contributed by atoms with Crippen molar-refractivity contribution in [2.45, 2.75) is 18.4 Å². The van der Waals surface area contributed by atoms with Crippen molar-refractivity contribution >= 4 is 17.2 Å². The summed E-state index contributed by atoms with van der Waals surface area (Å²) in [4.78, 5) is 16.7. The molecule has 0 spiro atoms. The molecular weight excluding hydrogens is 298 g/mol. The number of hydrogen-bond acceptors (Lipinski definition) is 5. The first-order valence-electron chi connectivity index (χ1n) is 7.05. The number of nitrogens with zero attached hydrogens (tertiary/aromatic N) is 2. The molecule has 1 aliphatic heterocycles. The SMILES string of the molecule is N#CC1(NC(=O)c2nc(-c3ccccc3)cs2)CCOCC1. The highest BCUT2D eigenvalue weighted by molar-refractivity contribution is 7.12. The molecule has 0 unspecified atom stereocenters. The summed E-state index contributed by atoms with van der Waals surface area (Å²) in [5.41, 5.74) is 0.904. The van der Waals surface area contributed by atoms with Gasteiger partial charge in [-0.2, -0.15) is 5.26 Å². The Morgan fingerprint density at radius 1 is 1.32 bits per heavy atom. The number of carbonyl (C=O) groups excluding carboxylic acids is 1. The fourth-order valence-corrected chi connectivity index (χ4v) is 3.10. The fraction of sp³-hybridized carbons (Fsp3) is 0.312. The van der Waals surface area contributed by atoms with Gasteiger partial charge in [0.2, 0.25) is 0 Å². The van der Waals surface area contributed by atoms with Crippen LogP contribution in [0.15, 0.2) is 35.7 Å². The van der Waals surface area contributed by atoms with Gasteiger partial charge in [-0.25, -0.2) is 4.98 Å². The van der Waals surface area contributed by atoms with Gasteiger partial charge >= 0.3 is 0 Å². The van der Waals surface area contributed by atoms with Crippen LogP contribution in [0.1, 0.15) is 22.6 Å². The van der Waals surface area contributed by atoms with E-state index >= 15 is 0 Å². The second kappa shape index (κ2) is 6.26. The van der Waals surface area contributed by atoms with E-state index in [1.807, 2.05) is 35.7 Å². The van der Waals surface area contributed by atoms with Crippen LogP contribution in [0.3, 0.4) is 0 Å². The molecule has 3 rings (SSSR count). The number of benzene rings is 1. The van der Waals surface area contributed by atoms with E-state index in [0.717, 1.165) is 11.3 Å². The highest BCUT2D eigenvalue weighted by Gasteiger charge is 2.35. The van der Waals surface area contributed by atoms with Crippen LogP contribution in [0, 0.1) is 11.3 Å². The van der Waals surface area contributed by atoms with E-state index in [2.05, 4.69) is 16.4 Å². The van der Waals surface area contributed by atoms with E-state index in [0.29, 0.717) is 31.1 Å². The lowest BCUT2D eigenvalue weighted by Gasteiger charge is -2.31. The van der Waals surface area contributed by atoms with E-state index in [9.17, 15) is 10.1 Å². The van der Waals surface area contributed by atoms with Crippen molar-refractivity contribution in [2.24, 2.45) is 0 Å². The molecule has 2 aromatic rings. The van der Waals surface area contributed by atoms with Crippen LogP contribution in [0.5, 0.6) is 0 Å². The Bertz CT molecular complexity index is 700. The van der Waals surface area contributed by atoms with Gasteiger partial charge in [0.05, 0.1) is 11.8 Å². The molecule has 5 nitrogen and oxygen atoms in total. The second-order valence-electron chi connectivity index (χ2n) is 5.16. The Morgan fingerprint density at radius 3 is 2.73 bits per heavy atom. The number of rotatable bonds is 3. The van der Waals surface area contributed by atoms with Crippen molar-refractivity contribution in [1.82, 2.24) is 10.3 Å². The summed E-state index contributed by atoms with van der Waals surface area (Å²) >= 11 is 1.29. The lowest BCUT2D eigenvalue weighted by atomic mass is 9.92. The summed E-state index contributed by atoms with van der Waals surface area (Å²) in [5, 5.41) is 14.4. The van der Waals surface area contributed by atoms with Crippen molar-refractivity contribution < 1.29 is 9.53 Å². The normalized spacial score (nSPS) is 16.7. The predicted molar refractivity (Wildman–Crippen MR) is 83.4 cm³/mol. The van der Waals surface area contributed by atoms with Gasteiger partial charge in [-0.3, -0.25) is 4.79 Å². The molecule has 1 saturated heterocycles. The van der Waals surface area contributed by atoms with Gasteiger partial charge in [0.1, 0.15) is 5.54 Å². The smallest absolute Gasteiger partial charge is 0.281 e. The molecule has 22 heavy (non-hydrogen) atoms. The largest absolute Gasteiger partial charge is 0.381 e. The maximum absolute atomic E-state index is 12.4. The van der Waals surface area contributed by atoms with Crippen LogP contribution in [0.2, 0.25) is 0 Å². The molecule has 1 fully saturated rings. The highest BCUT2D eigenvalue weighted by atomic mass is 32.1. The third kappa shape index (κ3) is 3.01. The molecule has 0 atom stereocenters. The van der Waals surface area contributed by atoms with Gasteiger partial charge in [0.15, 0.2) is 5.01 Å². The highest BCUT2D eigenvalue weighted by Crippen LogP contribution is 2.24. The van der Waals surface area contributed by atoms with Crippen LogP contribution in [-0.4, -0.2) is 29.6 Å². The standard InChI is InChI=1S/C16H15N3O2S/c17-11-16(6-8-21-9-7-16)19-14(20)15-18-13(10-22-15)12-4-2-1-3-5-12/h1-5,10H,6-9H2,(H,19,20). The van der Waals surface area contributed by atoms with Gasteiger partial charge in [0.25, 0.3) is 5.91 Å². The van der Waals surface area contributed by atoms with E-state index in [4.69, 9.17) is 4.74 Å². The first kappa shape index (κ1) is 14.7. The molecule has 1 N–H and O–H groups in total. The zero-order chi connectivity index (χ0) is 15.4. The van der Waals surface area contributed by atoms with Crippen LogP contribution >= 0.6 is 11.3 Å². The van der Waals surface area contributed by atoms with Crippen molar-refractivity contribution in [2.75, 3.05) is 13.2 Å². The summed E-state index contributed by atoms with van der Waals surface area (Å²) < 4.78 is 5.26. The number of hydrogen-bond donors (Lipinski definition) is 1. The third-order valence-corrected chi connectivity index (χ3v) is 4.52. The quantitative estimate of drug-likeness (QED) is 0.945. The second-order valence-corrected chi connectivity index (χ2v) is 6.02. The average Bonchev–Trinajstić information content (AvgIpc) is 3.07. The maximum atomic E-state index is 12.4. The fourth-order valence-electron chi connectivity index (χ4n) is 2.37. The molecule has 6 heteroatoms. The Hall–Kier alpha value is -2.23. The molecule has 0 aliphatic carbocycles. The number of thiazole rings is 1. The summed E-state index contributed by atoms with van der Waals surface area (Å²) in [7, 11) is 0. The van der Waals surface area contributed by atoms with Crippen molar-refractivity contribution in [3.63, 3.8) is 0 Å². The van der Waals surface area contributed by atoms with E-state index < -0.39 is 5.54 Å². The zero-order valence-corrected chi connectivity index (χ0v) is 12.7. The first-order chi connectivity index (χ1) is 10.7. The average molecular weight is 313 g/mol. The monoisotopic (exact) mass is 313 g/mol. The van der Waals surface area contributed by atoms with Gasteiger partial charge in [-0.1, -0.05) is 30.3 Å². The van der Waals surface area contributed by atoms with Crippen LogP contribution in [0.4, 0.5) is 0 Å². The summed E-state index contributed by atoms with van der Waals surface area (Å²) in [5.74, 6) is -0.296. The van der Waals surface area contributed by atoms with Crippen LogP contribution in [-0.2, 0) is 4.74 Å². The Balaban J connectivity index is 1.76. The lowest BCUT2D eigenvalue weighted by Crippen LogP contribution is -2.50. The summed E-state index contributed by atoms with van der Waals surface area (Å²) in [6, 6.07) is 11.9. The topological polar surface area (TPSA) is 75.0 Å². The van der Waals surface area contributed by atoms with Crippen LogP contribution in [0.25, 0.3) is 11.3 Å². The number of nitrogens with one attached hydrogen (secondary N) is 1. The number of ether oxygens (including phenoxy) is 1. The minimum absolute atomic E-state index is 0.296. The zero-order valence-electron chi connectivity index (χ0n) is 11.9. The number of amides is 1. The van der Waals surface area contributed by atoms with Crippen molar-refractivity contribution in [3.8, 4) is 17.3 Å². The van der Waals surface area contributed by atoms with E-state index in [1.54, 1.807) is 0 Å². The van der Waals surface area contributed by atoms with Gasteiger partial charge in [0, 0.05) is 37.0 Å². The first-order valence-corrected chi connectivity index (χ1v) is 7.93. The van der Waals surface area contributed by atoms with Crippen molar-refractivity contribution in [3.05, 3.63) is 40.7 Å². The molecule has 0 radical (unpaired) electrons. The predicted octanol–water partition coefficient (Wildman–Crippen LogP) is 2.61. The minimum atomic E-state index is -0.839. The molecule has 0 saturated carbocycles. The molecule has 1 aromatic carbocycles. The lowest BCUT2D eigenvalue weighted by molar-refractivity contribution is 0.0531. The van der Waals surface area contributed by atoms with Crippen molar-refractivity contribution in [1.29, 1.82) is 5.26 Å². The van der Waals surface area contributed by atoms with Crippen LogP contribution < -0.4 is 5.32 Å². The van der Waals surface area contributed by atoms with E-state index in [1.165, 1.54) is 11.3 Å². The van der Waals surface area contributed by atoms with Gasteiger partial charge in [-0.15, -0.1) is 11.3 Å². The molecular formula is C16H15N3O2S. The molecule has 2 heterocycles. The number of aromatic nitrogens is 1. The molecule has 1 aromatic heterocycles. The summed E-state index contributed by atoms with van der Waals surface area (Å²) in [6.45, 7) is 0.974. The molecule has 1 aliphatic rings. The third-order valence-electron chi connectivity index (χ3n) is 3.68. The minimum Gasteiger partial charge on any atom is -0.381 e. The number of carbonyl (C=O) groups is 1. The molecule has 1 amide bonds. The van der Waals surface area contributed by atoms with Gasteiger partial charge in [-0.05, 0) is 0 Å². The Kier molecular flexibility index (Phi) is 4.18. The van der Waals surface area contributed by atoms with E-state index in [-0.39, 0.29) is 5.91 Å². The maximum Gasteiger partial charge on any atom is 0.281 e. The Morgan fingerprint density at radius 2 is 2.05 bits per heavy atom. The Labute approximate surface area is 132 Å². The molecule has 0 bridgehead atoms. The van der Waals surface area contributed by atoms with Gasteiger partial charge < -0.3 is 10.1 Å².